The van der Waals surface area contributed by atoms with E-state index >= 15 is 0 Å². The van der Waals surface area contributed by atoms with Gasteiger partial charge in [-0.25, -0.2) is 8.42 Å². The lowest BCUT2D eigenvalue weighted by molar-refractivity contribution is 0.219. The molecule has 0 saturated carbocycles. The van der Waals surface area contributed by atoms with Crippen molar-refractivity contribution >= 4 is 15.7 Å². The van der Waals surface area contributed by atoms with E-state index in [2.05, 4.69) is 4.98 Å². The molecule has 21 heavy (non-hydrogen) atoms. The van der Waals surface area contributed by atoms with Gasteiger partial charge in [0.1, 0.15) is 16.7 Å². The maximum absolute atomic E-state index is 12.8. The Morgan fingerprint density at radius 2 is 2.14 bits per heavy atom. The zero-order valence-corrected chi connectivity index (χ0v) is 12.7. The average molecular weight is 304 g/mol. The summed E-state index contributed by atoms with van der Waals surface area (Å²) in [4.78, 5) is 4.08. The molecule has 0 unspecified atom stereocenters. The monoisotopic (exact) mass is 304 g/mol. The summed E-state index contributed by atoms with van der Waals surface area (Å²) in [5.74, 6) is 0.598. The lowest BCUT2D eigenvalue weighted by atomic mass is 10.2. The molecule has 0 amide bonds. The minimum Gasteiger partial charge on any atom is -0.487 e. The fraction of sp³-hybridized carbons (Fsp3) is 0.267. The molecule has 0 spiro atoms. The van der Waals surface area contributed by atoms with Gasteiger partial charge >= 0.3 is 0 Å². The van der Waals surface area contributed by atoms with E-state index in [-0.39, 0.29) is 17.5 Å². The first-order chi connectivity index (χ1) is 9.98. The second kappa shape index (κ2) is 5.04. The minimum atomic E-state index is -3.63. The van der Waals surface area contributed by atoms with Gasteiger partial charge in [0.2, 0.25) is 0 Å². The van der Waals surface area contributed by atoms with Crippen LogP contribution in [0.2, 0.25) is 0 Å². The van der Waals surface area contributed by atoms with Crippen molar-refractivity contribution in [2.45, 2.75) is 24.8 Å². The molecule has 0 aliphatic carbocycles. The SMILES string of the molecule is Cc1ccc2c(c1)O[C@@H](C)CN2S(=O)(=O)c1cccnc1. The molecule has 0 radical (unpaired) electrons. The summed E-state index contributed by atoms with van der Waals surface area (Å²) in [5.41, 5.74) is 1.60. The predicted molar refractivity (Wildman–Crippen MR) is 80.0 cm³/mol. The standard InChI is InChI=1S/C15H16N2O3S/c1-11-5-6-14-15(8-11)20-12(2)10-17(14)21(18,19)13-4-3-7-16-9-13/h3-9,12H,10H2,1-2H3/t12-/m0/s1. The van der Waals surface area contributed by atoms with Crippen LogP contribution in [-0.4, -0.2) is 26.1 Å². The number of nitrogens with zero attached hydrogens (tertiary/aromatic N) is 2. The van der Waals surface area contributed by atoms with Gasteiger partial charge < -0.3 is 4.74 Å². The maximum atomic E-state index is 12.8. The molecule has 1 atom stereocenters. The highest BCUT2D eigenvalue weighted by atomic mass is 32.2. The minimum absolute atomic E-state index is 0.186. The van der Waals surface area contributed by atoms with Crippen molar-refractivity contribution in [1.82, 2.24) is 4.98 Å². The maximum Gasteiger partial charge on any atom is 0.266 e. The Kier molecular flexibility index (Phi) is 3.33. The van der Waals surface area contributed by atoms with Gasteiger partial charge in [-0.3, -0.25) is 9.29 Å². The van der Waals surface area contributed by atoms with Crippen molar-refractivity contribution in [3.05, 3.63) is 48.3 Å². The number of rotatable bonds is 2. The molecular weight excluding hydrogens is 288 g/mol. The molecule has 1 aromatic heterocycles. The molecule has 0 fully saturated rings. The van der Waals surface area contributed by atoms with Gasteiger partial charge in [0.25, 0.3) is 10.0 Å². The number of hydrogen-bond donors (Lipinski definition) is 0. The van der Waals surface area contributed by atoms with Gasteiger partial charge in [0.15, 0.2) is 0 Å². The Hall–Kier alpha value is -2.08. The fourth-order valence-electron chi connectivity index (χ4n) is 2.36. The van der Waals surface area contributed by atoms with Crippen LogP contribution in [-0.2, 0) is 10.0 Å². The molecule has 1 aliphatic rings. The molecule has 0 N–H and O–H groups in total. The number of fused-ring (bicyclic) bond motifs is 1. The van der Waals surface area contributed by atoms with E-state index in [1.165, 1.54) is 10.5 Å². The molecule has 1 aromatic carbocycles. The van der Waals surface area contributed by atoms with Gasteiger partial charge in [0.05, 0.1) is 12.2 Å². The Bertz CT molecular complexity index is 760. The van der Waals surface area contributed by atoms with Crippen molar-refractivity contribution in [3.8, 4) is 5.75 Å². The van der Waals surface area contributed by atoms with E-state index in [4.69, 9.17) is 4.74 Å². The van der Waals surface area contributed by atoms with Crippen molar-refractivity contribution in [2.24, 2.45) is 0 Å². The third kappa shape index (κ3) is 2.47. The fourth-order valence-corrected chi connectivity index (χ4v) is 3.88. The van der Waals surface area contributed by atoms with Crippen LogP contribution in [0, 0.1) is 6.92 Å². The van der Waals surface area contributed by atoms with Crippen molar-refractivity contribution < 1.29 is 13.2 Å². The Balaban J connectivity index is 2.12. The highest BCUT2D eigenvalue weighted by molar-refractivity contribution is 7.92. The number of anilines is 1. The van der Waals surface area contributed by atoms with Gasteiger partial charge in [0, 0.05) is 12.4 Å². The number of benzene rings is 1. The lowest BCUT2D eigenvalue weighted by Gasteiger charge is -2.34. The normalized spacial score (nSPS) is 18.0. The summed E-state index contributed by atoms with van der Waals surface area (Å²) in [5, 5.41) is 0. The Morgan fingerprint density at radius 1 is 1.33 bits per heavy atom. The molecule has 2 aromatic rings. The van der Waals surface area contributed by atoms with E-state index in [1.54, 1.807) is 24.4 Å². The number of aromatic nitrogens is 1. The van der Waals surface area contributed by atoms with Crippen LogP contribution in [0.15, 0.2) is 47.6 Å². The molecule has 6 heteroatoms. The second-order valence-corrected chi connectivity index (χ2v) is 6.99. The van der Waals surface area contributed by atoms with Crippen molar-refractivity contribution in [1.29, 1.82) is 0 Å². The Labute approximate surface area is 124 Å². The molecular formula is C15H16N2O3S. The van der Waals surface area contributed by atoms with E-state index in [0.717, 1.165) is 5.56 Å². The first-order valence-electron chi connectivity index (χ1n) is 6.68. The summed E-state index contributed by atoms with van der Waals surface area (Å²) in [6.07, 6.45) is 2.72. The summed E-state index contributed by atoms with van der Waals surface area (Å²) in [6.45, 7) is 4.09. The summed E-state index contributed by atoms with van der Waals surface area (Å²) in [7, 11) is -3.63. The number of pyridine rings is 1. The molecule has 2 heterocycles. The largest absolute Gasteiger partial charge is 0.487 e. The predicted octanol–water partition coefficient (Wildman–Crippen LogP) is 2.37. The number of hydrogen-bond acceptors (Lipinski definition) is 4. The molecule has 3 rings (SSSR count). The topological polar surface area (TPSA) is 59.5 Å². The van der Waals surface area contributed by atoms with Gasteiger partial charge in [-0.15, -0.1) is 0 Å². The van der Waals surface area contributed by atoms with Gasteiger partial charge in [-0.2, -0.15) is 0 Å². The quantitative estimate of drug-likeness (QED) is 0.854. The average Bonchev–Trinajstić information content (AvgIpc) is 2.46. The lowest BCUT2D eigenvalue weighted by Crippen LogP contribution is -2.42. The van der Waals surface area contributed by atoms with Crippen molar-refractivity contribution in [2.75, 3.05) is 10.8 Å². The third-order valence-corrected chi connectivity index (χ3v) is 5.12. The Morgan fingerprint density at radius 3 is 2.86 bits per heavy atom. The highest BCUT2D eigenvalue weighted by Gasteiger charge is 2.32. The van der Waals surface area contributed by atoms with Crippen LogP contribution in [0.4, 0.5) is 5.69 Å². The molecule has 5 nitrogen and oxygen atoms in total. The first-order valence-corrected chi connectivity index (χ1v) is 8.12. The van der Waals surface area contributed by atoms with Crippen molar-refractivity contribution in [3.63, 3.8) is 0 Å². The van der Waals surface area contributed by atoms with E-state index in [0.29, 0.717) is 11.4 Å². The van der Waals surface area contributed by atoms with Crippen LogP contribution in [0.5, 0.6) is 5.75 Å². The second-order valence-electron chi connectivity index (χ2n) is 5.12. The van der Waals surface area contributed by atoms with Crippen LogP contribution >= 0.6 is 0 Å². The zero-order valence-electron chi connectivity index (χ0n) is 11.9. The van der Waals surface area contributed by atoms with Gasteiger partial charge in [-0.05, 0) is 43.7 Å². The summed E-state index contributed by atoms with van der Waals surface area (Å²) in [6, 6.07) is 8.69. The molecule has 1 aliphatic heterocycles. The van der Waals surface area contributed by atoms with Crippen LogP contribution < -0.4 is 9.04 Å². The number of aryl methyl sites for hydroxylation is 1. The third-order valence-electron chi connectivity index (χ3n) is 3.36. The smallest absolute Gasteiger partial charge is 0.266 e. The summed E-state index contributed by atoms with van der Waals surface area (Å²) >= 11 is 0. The molecule has 110 valence electrons. The molecule has 0 saturated heterocycles. The van der Waals surface area contributed by atoms with Crippen LogP contribution in [0.25, 0.3) is 0 Å². The van der Waals surface area contributed by atoms with E-state index < -0.39 is 10.0 Å². The number of sulfonamides is 1. The van der Waals surface area contributed by atoms with E-state index in [1.807, 2.05) is 26.0 Å². The highest BCUT2D eigenvalue weighted by Crippen LogP contribution is 2.37. The van der Waals surface area contributed by atoms with E-state index in [9.17, 15) is 8.42 Å². The molecule has 0 bridgehead atoms. The van der Waals surface area contributed by atoms with Crippen LogP contribution in [0.1, 0.15) is 12.5 Å². The zero-order chi connectivity index (χ0) is 15.0. The van der Waals surface area contributed by atoms with Crippen LogP contribution in [0.3, 0.4) is 0 Å². The van der Waals surface area contributed by atoms with Gasteiger partial charge in [-0.1, -0.05) is 6.07 Å². The summed E-state index contributed by atoms with van der Waals surface area (Å²) < 4.78 is 32.8. The number of ether oxygens (including phenoxy) is 1. The first kappa shape index (κ1) is 13.9.